The van der Waals surface area contributed by atoms with E-state index in [1.807, 2.05) is 18.2 Å². The van der Waals surface area contributed by atoms with Crippen LogP contribution >= 0.6 is 0 Å². The van der Waals surface area contributed by atoms with E-state index in [0.29, 0.717) is 0 Å². The number of hydrogen-bond donors (Lipinski definition) is 1. The second-order valence-electron chi connectivity index (χ2n) is 11.2. The second kappa shape index (κ2) is 14.9. The lowest BCUT2D eigenvalue weighted by Gasteiger charge is -2.29. The molecule has 7 heteroatoms. The molecule has 6 nitrogen and oxygen atoms in total. The molecular formula is C35H39N3O3S. The van der Waals surface area contributed by atoms with Gasteiger partial charge in [-0.15, -0.1) is 0 Å². The highest BCUT2D eigenvalue weighted by atomic mass is 32.2. The van der Waals surface area contributed by atoms with Gasteiger partial charge in [0.15, 0.2) is 0 Å². The third-order valence-corrected chi connectivity index (χ3v) is 8.57. The molecule has 2 atom stereocenters. The monoisotopic (exact) mass is 581 g/mol. The SMILES string of the molecule is O=C(CC(N=S(=O)=O)c1ccccc1)NC1CCCc2cc(CN3CCCCC3)ccc21.c1ccc2ccccc2c1. The predicted octanol–water partition coefficient (Wildman–Crippen LogP) is 7.20. The van der Waals surface area contributed by atoms with Gasteiger partial charge in [-0.05, 0) is 78.2 Å². The number of benzene rings is 4. The van der Waals surface area contributed by atoms with Gasteiger partial charge in [-0.3, -0.25) is 9.69 Å². The van der Waals surface area contributed by atoms with E-state index in [2.05, 4.69) is 81.3 Å². The van der Waals surface area contributed by atoms with Gasteiger partial charge in [-0.1, -0.05) is 103 Å². The van der Waals surface area contributed by atoms with Crippen LogP contribution < -0.4 is 5.32 Å². The minimum absolute atomic E-state index is 0.0108. The van der Waals surface area contributed by atoms with Crippen molar-refractivity contribution in [1.29, 1.82) is 0 Å². The van der Waals surface area contributed by atoms with Crippen LogP contribution in [0.1, 0.15) is 72.9 Å². The van der Waals surface area contributed by atoms with E-state index in [-0.39, 0.29) is 18.4 Å². The first kappa shape index (κ1) is 29.7. The summed E-state index contributed by atoms with van der Waals surface area (Å²) in [5.41, 5.74) is 4.57. The number of carbonyl (C=O) groups is 1. The Morgan fingerprint density at radius 1 is 0.833 bits per heavy atom. The average molecular weight is 582 g/mol. The molecule has 2 unspecified atom stereocenters. The smallest absolute Gasteiger partial charge is 0.311 e. The van der Waals surface area contributed by atoms with Crippen molar-refractivity contribution in [2.24, 2.45) is 4.36 Å². The highest BCUT2D eigenvalue weighted by molar-refractivity contribution is 7.61. The molecule has 1 aliphatic heterocycles. The normalized spacial score (nSPS) is 17.3. The van der Waals surface area contributed by atoms with Crippen LogP contribution in [0, 0.1) is 0 Å². The molecule has 0 aromatic heterocycles. The van der Waals surface area contributed by atoms with E-state index >= 15 is 0 Å². The molecule has 0 saturated carbocycles. The number of piperidine rings is 1. The van der Waals surface area contributed by atoms with E-state index in [1.54, 1.807) is 12.1 Å². The standard InChI is InChI=1S/C25H31N3O3S.C10H8/c29-25(17-24(27-32(30)31)20-8-3-1-4-9-20)26-23-11-7-10-21-16-19(12-13-22(21)23)18-28-14-5-2-6-15-28;1-2-6-10-8-4-3-7-9(10)5-1/h1,3-4,8-9,12-13,16,23-24H,2,5-7,10-11,14-15,17-18H2,(H,26,29);1-8H. The van der Waals surface area contributed by atoms with E-state index in [9.17, 15) is 13.2 Å². The first-order valence-corrected chi connectivity index (χ1v) is 16.0. The summed E-state index contributed by atoms with van der Waals surface area (Å²) in [6.45, 7) is 3.35. The predicted molar refractivity (Wildman–Crippen MR) is 168 cm³/mol. The van der Waals surface area contributed by atoms with Crippen LogP contribution in [-0.2, 0) is 28.3 Å². The Hall–Kier alpha value is -3.81. The number of rotatable bonds is 7. The molecule has 0 radical (unpaired) electrons. The van der Waals surface area contributed by atoms with Gasteiger partial charge < -0.3 is 5.32 Å². The highest BCUT2D eigenvalue weighted by Gasteiger charge is 2.24. The van der Waals surface area contributed by atoms with Gasteiger partial charge in [0, 0.05) is 6.54 Å². The Morgan fingerprint density at radius 2 is 1.48 bits per heavy atom. The topological polar surface area (TPSA) is 78.8 Å². The maximum Gasteiger partial charge on any atom is 0.311 e. The second-order valence-corrected chi connectivity index (χ2v) is 11.8. The molecule has 1 heterocycles. The molecule has 1 fully saturated rings. The number of aryl methyl sites for hydroxylation is 1. The number of hydrogen-bond acceptors (Lipinski definition) is 5. The molecule has 1 N–H and O–H groups in total. The lowest BCUT2D eigenvalue weighted by atomic mass is 9.86. The quantitative estimate of drug-likeness (QED) is 0.250. The molecule has 2 aliphatic rings. The number of nitrogens with zero attached hydrogens (tertiary/aromatic N) is 2. The third-order valence-electron chi connectivity index (χ3n) is 8.15. The Labute approximate surface area is 250 Å². The molecule has 1 saturated heterocycles. The van der Waals surface area contributed by atoms with Gasteiger partial charge in [-0.2, -0.15) is 12.8 Å². The van der Waals surface area contributed by atoms with Crippen LogP contribution in [-0.4, -0.2) is 32.3 Å². The first-order chi connectivity index (χ1) is 20.5. The number of fused-ring (bicyclic) bond motifs is 2. The summed E-state index contributed by atoms with van der Waals surface area (Å²) in [6, 6.07) is 31.7. The van der Waals surface area contributed by atoms with Crippen LogP contribution in [0.25, 0.3) is 10.8 Å². The zero-order chi connectivity index (χ0) is 29.1. The Balaban J connectivity index is 0.000000295. The Bertz CT molecular complexity index is 1540. The van der Waals surface area contributed by atoms with Crippen LogP contribution in [0.15, 0.2) is 101 Å². The summed E-state index contributed by atoms with van der Waals surface area (Å²) < 4.78 is 26.1. The van der Waals surface area contributed by atoms with E-state index < -0.39 is 16.5 Å². The first-order valence-electron chi connectivity index (χ1n) is 15.0. The average Bonchev–Trinajstić information content (AvgIpc) is 3.02. The molecule has 0 bridgehead atoms. The Kier molecular flexibility index (Phi) is 10.5. The van der Waals surface area contributed by atoms with Crippen molar-refractivity contribution in [1.82, 2.24) is 10.2 Å². The molecule has 6 rings (SSSR count). The molecule has 4 aromatic carbocycles. The molecule has 1 aliphatic carbocycles. The highest BCUT2D eigenvalue weighted by Crippen LogP contribution is 2.32. The fourth-order valence-corrected chi connectivity index (χ4v) is 6.45. The van der Waals surface area contributed by atoms with Gasteiger partial charge >= 0.3 is 10.5 Å². The maximum atomic E-state index is 12.8. The third kappa shape index (κ3) is 8.37. The van der Waals surface area contributed by atoms with Crippen molar-refractivity contribution in [2.75, 3.05) is 13.1 Å². The number of likely N-dealkylation sites (tertiary alicyclic amines) is 1. The van der Waals surface area contributed by atoms with Crippen molar-refractivity contribution in [2.45, 2.75) is 63.6 Å². The summed E-state index contributed by atoms with van der Waals surface area (Å²) in [6.07, 6.45) is 6.88. The van der Waals surface area contributed by atoms with Gasteiger partial charge in [0.1, 0.15) is 6.04 Å². The van der Waals surface area contributed by atoms with Crippen LogP contribution in [0.5, 0.6) is 0 Å². The fourth-order valence-electron chi connectivity index (χ4n) is 6.05. The van der Waals surface area contributed by atoms with E-state index in [4.69, 9.17) is 0 Å². The molecule has 0 spiro atoms. The van der Waals surface area contributed by atoms with E-state index in [1.165, 1.54) is 59.8 Å². The van der Waals surface area contributed by atoms with Gasteiger partial charge in [-0.25, -0.2) is 0 Å². The van der Waals surface area contributed by atoms with Crippen LogP contribution in [0.4, 0.5) is 0 Å². The summed E-state index contributed by atoms with van der Waals surface area (Å²) in [5.74, 6) is -0.178. The summed E-state index contributed by atoms with van der Waals surface area (Å²) in [4.78, 5) is 15.4. The number of amides is 1. The summed E-state index contributed by atoms with van der Waals surface area (Å²) in [7, 11) is -2.57. The van der Waals surface area contributed by atoms with Gasteiger partial charge in [0.05, 0.1) is 12.5 Å². The van der Waals surface area contributed by atoms with Crippen molar-refractivity contribution in [3.05, 3.63) is 119 Å². The fraction of sp³-hybridized carbons (Fsp3) is 0.343. The van der Waals surface area contributed by atoms with Crippen molar-refractivity contribution in [3.8, 4) is 0 Å². The minimum Gasteiger partial charge on any atom is -0.349 e. The van der Waals surface area contributed by atoms with Crippen molar-refractivity contribution in [3.63, 3.8) is 0 Å². The van der Waals surface area contributed by atoms with Gasteiger partial charge in [0.2, 0.25) is 5.91 Å². The molecule has 4 aromatic rings. The summed E-state index contributed by atoms with van der Waals surface area (Å²) in [5, 5.41) is 5.76. The van der Waals surface area contributed by atoms with Gasteiger partial charge in [0.25, 0.3) is 0 Å². The minimum atomic E-state index is -2.57. The Morgan fingerprint density at radius 3 is 2.12 bits per heavy atom. The lowest BCUT2D eigenvalue weighted by Crippen LogP contribution is -2.32. The van der Waals surface area contributed by atoms with Crippen molar-refractivity contribution < 1.29 is 13.2 Å². The lowest BCUT2D eigenvalue weighted by molar-refractivity contribution is -0.122. The largest absolute Gasteiger partial charge is 0.349 e. The molecule has 1 amide bonds. The molecule has 218 valence electrons. The maximum absolute atomic E-state index is 12.8. The van der Waals surface area contributed by atoms with Crippen LogP contribution in [0.3, 0.4) is 0 Å². The van der Waals surface area contributed by atoms with Crippen LogP contribution in [0.2, 0.25) is 0 Å². The van der Waals surface area contributed by atoms with Crippen molar-refractivity contribution >= 4 is 27.2 Å². The number of carbonyl (C=O) groups excluding carboxylic acids is 1. The number of nitrogens with one attached hydrogen (secondary N) is 1. The zero-order valence-corrected chi connectivity index (χ0v) is 24.8. The molecular weight excluding hydrogens is 542 g/mol. The summed E-state index contributed by atoms with van der Waals surface area (Å²) >= 11 is 0. The molecule has 42 heavy (non-hydrogen) atoms. The van der Waals surface area contributed by atoms with E-state index in [0.717, 1.165) is 31.4 Å². The zero-order valence-electron chi connectivity index (χ0n) is 24.0.